The average molecular weight is 571 g/mol. The van der Waals surface area contributed by atoms with Crippen molar-refractivity contribution in [1.29, 1.82) is 0 Å². The van der Waals surface area contributed by atoms with Crippen LogP contribution in [0, 0.1) is 11.8 Å². The van der Waals surface area contributed by atoms with Gasteiger partial charge in [0.2, 0.25) is 0 Å². The van der Waals surface area contributed by atoms with Gasteiger partial charge >= 0.3 is 0 Å². The Morgan fingerprint density at radius 1 is 0.900 bits per heavy atom. The van der Waals surface area contributed by atoms with E-state index in [9.17, 15) is 10.2 Å². The van der Waals surface area contributed by atoms with Gasteiger partial charge in [-0.2, -0.15) is 0 Å². The third-order valence-electron chi connectivity index (χ3n) is 8.65. The average Bonchev–Trinajstić information content (AvgIpc) is 3.61. The normalized spacial score (nSPS) is 26.0. The first kappa shape index (κ1) is 27.6. The van der Waals surface area contributed by atoms with Crippen LogP contribution in [0.4, 0.5) is 0 Å². The molecule has 208 valence electrons. The maximum atomic E-state index is 11.0. The highest BCUT2D eigenvalue weighted by atomic mass is 32.1. The number of fused-ring (bicyclic) bond motifs is 2. The molecule has 2 aliphatic rings. The number of benzene rings is 3. The summed E-state index contributed by atoms with van der Waals surface area (Å²) in [5.74, 6) is 0.0268. The summed E-state index contributed by atoms with van der Waals surface area (Å²) >= 11 is 1.77. The zero-order valence-electron chi connectivity index (χ0n) is 23.3. The summed E-state index contributed by atoms with van der Waals surface area (Å²) in [5.41, 5.74) is 0. The molecule has 1 aliphatic heterocycles. The zero-order chi connectivity index (χ0) is 27.9. The second-order valence-electron chi connectivity index (χ2n) is 12.2. The standard InChI is InChI=1S/C34H38O4SSi/c1-34(2,3)40(24-13-6-4-7-14-24,25-15-8-5-9-16-25)38-29(32-20-23-12-10-11-17-31(23)39-32)19-18-26-27-21-33(36)37-30(27)22-28(26)35/h4-20,26-30,33,35-36H,21-22H2,1-3H3/t26-,27-,28-,29?,30+,33?/m1/s1. The SMILES string of the molecule is CC(C)(C)[Si](OC(C=C[C@@H]1[C@H]2CC(O)O[C@H]2C[C@H]1O)c1cc2ccccc2s1)(c1ccccc1)c1ccccc1. The molecule has 3 aromatic carbocycles. The first-order valence-corrected chi connectivity index (χ1v) is 17.0. The number of hydrogen-bond acceptors (Lipinski definition) is 5. The number of thiophene rings is 1. The lowest BCUT2D eigenvalue weighted by Crippen LogP contribution is -2.66. The summed E-state index contributed by atoms with van der Waals surface area (Å²) in [6, 6.07) is 32.2. The van der Waals surface area contributed by atoms with E-state index < -0.39 is 20.7 Å². The van der Waals surface area contributed by atoms with Crippen LogP contribution in [0.3, 0.4) is 0 Å². The van der Waals surface area contributed by atoms with Crippen LogP contribution in [0.2, 0.25) is 5.04 Å². The molecule has 0 spiro atoms. The highest BCUT2D eigenvalue weighted by Gasteiger charge is 2.52. The van der Waals surface area contributed by atoms with Crippen LogP contribution < -0.4 is 10.4 Å². The molecule has 2 unspecified atom stereocenters. The molecule has 1 aromatic heterocycles. The third-order valence-corrected chi connectivity index (χ3v) is 14.8. The van der Waals surface area contributed by atoms with E-state index in [2.05, 4.69) is 124 Å². The lowest BCUT2D eigenvalue weighted by atomic mass is 9.91. The molecular weight excluding hydrogens is 533 g/mol. The van der Waals surface area contributed by atoms with Gasteiger partial charge in [-0.1, -0.05) is 112 Å². The van der Waals surface area contributed by atoms with E-state index in [1.54, 1.807) is 11.3 Å². The Kier molecular flexibility index (Phi) is 7.59. The van der Waals surface area contributed by atoms with E-state index in [0.29, 0.717) is 12.8 Å². The minimum atomic E-state index is -2.85. The molecule has 2 N–H and O–H groups in total. The number of aliphatic hydroxyl groups is 2. The summed E-state index contributed by atoms with van der Waals surface area (Å²) < 4.78 is 14.5. The molecular formula is C34H38O4SSi. The Morgan fingerprint density at radius 2 is 1.52 bits per heavy atom. The summed E-state index contributed by atoms with van der Waals surface area (Å²) in [6.07, 6.45) is 3.79. The van der Waals surface area contributed by atoms with Crippen molar-refractivity contribution in [3.05, 3.63) is 108 Å². The number of rotatable bonds is 7. The second-order valence-corrected chi connectivity index (χ2v) is 17.6. The molecule has 4 aromatic rings. The van der Waals surface area contributed by atoms with Gasteiger partial charge in [-0.15, -0.1) is 11.3 Å². The minimum Gasteiger partial charge on any atom is -0.396 e. The van der Waals surface area contributed by atoms with E-state index >= 15 is 0 Å². The van der Waals surface area contributed by atoms with Gasteiger partial charge in [-0.3, -0.25) is 0 Å². The molecule has 1 aliphatic carbocycles. The fourth-order valence-electron chi connectivity index (χ4n) is 6.78. The summed E-state index contributed by atoms with van der Waals surface area (Å²) in [4.78, 5) is 1.15. The Balaban J connectivity index is 1.48. The Hall–Kier alpha value is -2.58. The number of aliphatic hydroxyl groups excluding tert-OH is 2. The monoisotopic (exact) mass is 570 g/mol. The molecule has 4 nitrogen and oxygen atoms in total. The molecule has 1 saturated carbocycles. The first-order chi connectivity index (χ1) is 19.3. The fraction of sp³-hybridized carbons (Fsp3) is 0.353. The fourth-order valence-corrected chi connectivity index (χ4v) is 12.5. The molecule has 6 heteroatoms. The summed E-state index contributed by atoms with van der Waals surface area (Å²) in [5, 5.41) is 24.6. The van der Waals surface area contributed by atoms with Gasteiger partial charge in [0.15, 0.2) is 6.29 Å². The molecule has 2 fully saturated rings. The van der Waals surface area contributed by atoms with Crippen LogP contribution >= 0.6 is 11.3 Å². The second kappa shape index (κ2) is 11.0. The van der Waals surface area contributed by atoms with Crippen molar-refractivity contribution in [2.24, 2.45) is 11.8 Å². The first-order valence-electron chi connectivity index (χ1n) is 14.2. The topological polar surface area (TPSA) is 58.9 Å². The van der Waals surface area contributed by atoms with Crippen LogP contribution in [0.5, 0.6) is 0 Å². The highest BCUT2D eigenvalue weighted by molar-refractivity contribution is 7.19. The van der Waals surface area contributed by atoms with Crippen LogP contribution in [0.15, 0.2) is 103 Å². The van der Waals surface area contributed by atoms with Crippen molar-refractivity contribution >= 4 is 40.1 Å². The van der Waals surface area contributed by atoms with Crippen molar-refractivity contribution < 1.29 is 19.4 Å². The van der Waals surface area contributed by atoms with Crippen LogP contribution in [0.25, 0.3) is 10.1 Å². The van der Waals surface area contributed by atoms with Gasteiger partial charge in [-0.05, 0) is 38.8 Å². The predicted molar refractivity (Wildman–Crippen MR) is 166 cm³/mol. The van der Waals surface area contributed by atoms with Gasteiger partial charge in [0.1, 0.15) is 0 Å². The van der Waals surface area contributed by atoms with Crippen LogP contribution in [-0.2, 0) is 9.16 Å². The van der Waals surface area contributed by atoms with E-state index in [4.69, 9.17) is 9.16 Å². The lowest BCUT2D eigenvalue weighted by Gasteiger charge is -2.44. The molecule has 1 saturated heterocycles. The van der Waals surface area contributed by atoms with Gasteiger partial charge in [0.25, 0.3) is 8.32 Å². The summed E-state index contributed by atoms with van der Waals surface area (Å²) in [6.45, 7) is 6.90. The number of hydrogen-bond donors (Lipinski definition) is 2. The van der Waals surface area contributed by atoms with Crippen LogP contribution in [0.1, 0.15) is 44.6 Å². The van der Waals surface area contributed by atoms with Gasteiger partial charge in [0, 0.05) is 28.3 Å². The predicted octanol–water partition coefficient (Wildman–Crippen LogP) is 6.18. The number of ether oxygens (including phenoxy) is 1. The van der Waals surface area contributed by atoms with Crippen molar-refractivity contribution in [1.82, 2.24) is 0 Å². The molecule has 6 rings (SSSR count). The Labute approximate surface area is 242 Å². The molecule has 0 radical (unpaired) electrons. The highest BCUT2D eigenvalue weighted by Crippen LogP contribution is 2.45. The van der Waals surface area contributed by atoms with E-state index in [1.807, 2.05) is 0 Å². The van der Waals surface area contributed by atoms with E-state index in [0.717, 1.165) is 4.88 Å². The Morgan fingerprint density at radius 3 is 2.15 bits per heavy atom. The van der Waals surface area contributed by atoms with Gasteiger partial charge < -0.3 is 19.4 Å². The van der Waals surface area contributed by atoms with Gasteiger partial charge in [0.05, 0.1) is 18.3 Å². The van der Waals surface area contributed by atoms with Crippen molar-refractivity contribution in [2.45, 2.75) is 63.3 Å². The largest absolute Gasteiger partial charge is 0.396 e. The smallest absolute Gasteiger partial charge is 0.262 e. The summed E-state index contributed by atoms with van der Waals surface area (Å²) in [7, 11) is -2.85. The molecule has 0 bridgehead atoms. The maximum absolute atomic E-state index is 11.0. The quantitative estimate of drug-likeness (QED) is 0.206. The van der Waals surface area contributed by atoms with Crippen molar-refractivity contribution in [3.63, 3.8) is 0 Å². The third kappa shape index (κ3) is 5.02. The van der Waals surface area contributed by atoms with Gasteiger partial charge in [-0.25, -0.2) is 0 Å². The van der Waals surface area contributed by atoms with E-state index in [1.165, 1.54) is 20.5 Å². The minimum absolute atomic E-state index is 0.0817. The van der Waals surface area contributed by atoms with E-state index in [-0.39, 0.29) is 29.1 Å². The zero-order valence-corrected chi connectivity index (χ0v) is 25.1. The molecule has 2 heterocycles. The molecule has 6 atom stereocenters. The molecule has 40 heavy (non-hydrogen) atoms. The Bertz CT molecular complexity index is 1390. The van der Waals surface area contributed by atoms with Crippen molar-refractivity contribution in [2.75, 3.05) is 0 Å². The molecule has 0 amide bonds. The maximum Gasteiger partial charge on any atom is 0.262 e. The lowest BCUT2D eigenvalue weighted by molar-refractivity contribution is -0.0949. The van der Waals surface area contributed by atoms with Crippen LogP contribution in [-0.4, -0.2) is 37.0 Å². The van der Waals surface area contributed by atoms with Crippen molar-refractivity contribution in [3.8, 4) is 0 Å².